The molecule has 2 aromatic heterocycles. The van der Waals surface area contributed by atoms with Crippen molar-refractivity contribution < 1.29 is 18.7 Å². The van der Waals surface area contributed by atoms with Crippen molar-refractivity contribution in [1.29, 1.82) is 0 Å². The number of rotatable bonds is 8. The lowest BCUT2D eigenvalue weighted by molar-refractivity contribution is 0.0604. The van der Waals surface area contributed by atoms with Gasteiger partial charge in [0.1, 0.15) is 22.1 Å². The molecule has 42 heavy (non-hydrogen) atoms. The molecule has 1 aliphatic carbocycles. The summed E-state index contributed by atoms with van der Waals surface area (Å²) in [7, 11) is 5.14. The van der Waals surface area contributed by atoms with Gasteiger partial charge in [0.05, 0.1) is 16.8 Å². The van der Waals surface area contributed by atoms with Crippen LogP contribution in [0, 0.1) is 12.7 Å². The molecule has 1 fully saturated rings. The molecule has 2 heterocycles. The minimum absolute atomic E-state index is 0.0246. The van der Waals surface area contributed by atoms with Crippen molar-refractivity contribution in [3.8, 4) is 16.9 Å². The Morgan fingerprint density at radius 1 is 1.10 bits per heavy atom. The number of halogens is 2. The Morgan fingerprint density at radius 3 is 2.50 bits per heavy atom. The molecule has 10 heteroatoms. The molecule has 0 atom stereocenters. The highest BCUT2D eigenvalue weighted by molar-refractivity contribution is 7.21. The number of ether oxygens (including phenoxy) is 1. The number of nitrogens with zero attached hydrogens (tertiary/aromatic N) is 2. The van der Waals surface area contributed by atoms with Crippen molar-refractivity contribution in [3.05, 3.63) is 81.2 Å². The minimum Gasteiger partial charge on any atom is -0.496 e. The lowest BCUT2D eigenvalue weighted by atomic mass is 9.89. The normalized spacial score (nSPS) is 16.8. The number of thiophene rings is 1. The summed E-state index contributed by atoms with van der Waals surface area (Å²) in [4.78, 5) is 32.9. The van der Waals surface area contributed by atoms with E-state index in [1.807, 2.05) is 43.1 Å². The molecule has 0 aliphatic heterocycles. The highest BCUT2D eigenvalue weighted by atomic mass is 35.5. The SMILES string of the molecule is CNC(=O)c1cc(-c2ccc(OC)c(CN(C(=O)c3sc4c(F)ccc(C)c4c3Cl)C3CCC(NC)CC3)c2)ccn1. The first-order valence-electron chi connectivity index (χ1n) is 14.0. The summed E-state index contributed by atoms with van der Waals surface area (Å²) in [5, 5.41) is 6.85. The largest absolute Gasteiger partial charge is 0.496 e. The number of nitrogens with one attached hydrogen (secondary N) is 2. The van der Waals surface area contributed by atoms with Gasteiger partial charge in [-0.1, -0.05) is 23.7 Å². The number of carbonyl (C=O) groups excluding carboxylic acids is 2. The monoisotopic (exact) mass is 608 g/mol. The molecular weight excluding hydrogens is 575 g/mol. The van der Waals surface area contributed by atoms with Crippen LogP contribution in [0.1, 0.15) is 57.0 Å². The third-order valence-electron chi connectivity index (χ3n) is 8.12. The highest BCUT2D eigenvalue weighted by Crippen LogP contribution is 2.41. The van der Waals surface area contributed by atoms with Gasteiger partial charge < -0.3 is 20.3 Å². The zero-order chi connectivity index (χ0) is 30.0. The van der Waals surface area contributed by atoms with Gasteiger partial charge in [-0.25, -0.2) is 4.39 Å². The van der Waals surface area contributed by atoms with Crippen LogP contribution in [0.2, 0.25) is 5.02 Å². The van der Waals surface area contributed by atoms with Gasteiger partial charge in [0.2, 0.25) is 0 Å². The summed E-state index contributed by atoms with van der Waals surface area (Å²) in [6.07, 6.45) is 5.14. The number of aryl methyl sites for hydroxylation is 1. The number of amides is 2. The second kappa shape index (κ2) is 12.8. The molecule has 220 valence electrons. The van der Waals surface area contributed by atoms with Crippen LogP contribution in [0.5, 0.6) is 5.75 Å². The molecule has 0 saturated heterocycles. The Morgan fingerprint density at radius 2 is 1.83 bits per heavy atom. The molecule has 0 bridgehead atoms. The Bertz CT molecular complexity index is 1630. The van der Waals surface area contributed by atoms with Crippen LogP contribution in [0.4, 0.5) is 4.39 Å². The molecular formula is C32H34ClFN4O3S. The van der Waals surface area contributed by atoms with E-state index < -0.39 is 0 Å². The van der Waals surface area contributed by atoms with Crippen LogP contribution in [-0.4, -0.2) is 55.0 Å². The fourth-order valence-electron chi connectivity index (χ4n) is 5.73. The summed E-state index contributed by atoms with van der Waals surface area (Å²) in [5.74, 6) is -0.228. The van der Waals surface area contributed by atoms with Crippen molar-refractivity contribution in [3.63, 3.8) is 0 Å². The molecule has 0 unspecified atom stereocenters. The van der Waals surface area contributed by atoms with Gasteiger partial charge in [0.25, 0.3) is 11.8 Å². The van der Waals surface area contributed by atoms with Gasteiger partial charge >= 0.3 is 0 Å². The van der Waals surface area contributed by atoms with Crippen LogP contribution >= 0.6 is 22.9 Å². The number of pyridine rings is 1. The third-order valence-corrected chi connectivity index (χ3v) is 9.79. The number of methoxy groups -OCH3 is 1. The fraction of sp³-hybridized carbons (Fsp3) is 0.344. The maximum atomic E-state index is 14.8. The summed E-state index contributed by atoms with van der Waals surface area (Å²) >= 11 is 7.91. The molecule has 2 amide bonds. The van der Waals surface area contributed by atoms with Crippen LogP contribution < -0.4 is 15.4 Å². The van der Waals surface area contributed by atoms with Gasteiger partial charge in [-0.3, -0.25) is 14.6 Å². The Balaban J connectivity index is 1.56. The van der Waals surface area contributed by atoms with E-state index in [0.29, 0.717) is 37.5 Å². The number of aromatic nitrogens is 1. The predicted molar refractivity (Wildman–Crippen MR) is 166 cm³/mol. The second-order valence-corrected chi connectivity index (χ2v) is 12.0. The summed E-state index contributed by atoms with van der Waals surface area (Å²) in [5.41, 5.74) is 3.64. The molecule has 0 radical (unpaired) electrons. The van der Waals surface area contributed by atoms with E-state index in [-0.39, 0.29) is 30.2 Å². The highest BCUT2D eigenvalue weighted by Gasteiger charge is 2.32. The molecule has 5 rings (SSSR count). The Labute approximate surface area is 254 Å². The maximum absolute atomic E-state index is 14.8. The first-order valence-corrected chi connectivity index (χ1v) is 15.2. The molecule has 2 N–H and O–H groups in total. The van der Waals surface area contributed by atoms with Crippen molar-refractivity contribution in [2.24, 2.45) is 0 Å². The predicted octanol–water partition coefficient (Wildman–Crippen LogP) is 6.61. The topological polar surface area (TPSA) is 83.6 Å². The van der Waals surface area contributed by atoms with E-state index in [9.17, 15) is 14.0 Å². The van der Waals surface area contributed by atoms with E-state index >= 15 is 0 Å². The van der Waals surface area contributed by atoms with Crippen molar-refractivity contribution >= 4 is 44.8 Å². The van der Waals surface area contributed by atoms with E-state index in [4.69, 9.17) is 16.3 Å². The quantitative estimate of drug-likeness (QED) is 0.235. The zero-order valence-electron chi connectivity index (χ0n) is 24.1. The Hall–Kier alpha value is -3.53. The third kappa shape index (κ3) is 5.86. The summed E-state index contributed by atoms with van der Waals surface area (Å²) in [6, 6.07) is 12.8. The molecule has 2 aromatic carbocycles. The van der Waals surface area contributed by atoms with E-state index in [1.54, 1.807) is 32.5 Å². The molecule has 1 saturated carbocycles. The molecule has 1 aliphatic rings. The van der Waals surface area contributed by atoms with Crippen LogP contribution in [0.3, 0.4) is 0 Å². The number of benzene rings is 2. The second-order valence-electron chi connectivity index (χ2n) is 10.6. The van der Waals surface area contributed by atoms with E-state index in [2.05, 4.69) is 15.6 Å². The first-order chi connectivity index (χ1) is 20.2. The Kier molecular flexibility index (Phi) is 9.11. The van der Waals surface area contributed by atoms with Crippen LogP contribution in [0.15, 0.2) is 48.7 Å². The van der Waals surface area contributed by atoms with E-state index in [0.717, 1.165) is 59.3 Å². The first kappa shape index (κ1) is 29.9. The van der Waals surface area contributed by atoms with Gasteiger partial charge in [-0.2, -0.15) is 0 Å². The van der Waals surface area contributed by atoms with Crippen molar-refractivity contribution in [2.75, 3.05) is 21.2 Å². The standard InChI is InChI=1S/C32H34ClFN4O3S/c1-18-5-11-24(34)29-27(18)28(33)30(42-29)32(40)38(23-9-7-22(35-2)8-10-23)17-21-15-19(6-12-26(21)41-4)20-13-14-37-25(16-20)31(39)36-3/h5-6,11-16,22-23,35H,7-10,17H2,1-4H3,(H,36,39). The zero-order valence-corrected chi connectivity index (χ0v) is 25.7. The van der Waals surface area contributed by atoms with Gasteiger partial charge in [0, 0.05) is 42.8 Å². The fourth-order valence-corrected chi connectivity index (χ4v) is 7.35. The average Bonchev–Trinajstić information content (AvgIpc) is 3.39. The van der Waals surface area contributed by atoms with Gasteiger partial charge in [0.15, 0.2) is 0 Å². The lowest BCUT2D eigenvalue weighted by Gasteiger charge is -2.37. The number of carbonyl (C=O) groups is 2. The van der Waals surface area contributed by atoms with Crippen molar-refractivity contribution in [2.45, 2.75) is 51.2 Å². The van der Waals surface area contributed by atoms with Crippen LogP contribution in [0.25, 0.3) is 21.2 Å². The molecule has 7 nitrogen and oxygen atoms in total. The summed E-state index contributed by atoms with van der Waals surface area (Å²) < 4.78 is 20.9. The molecule has 4 aromatic rings. The number of fused-ring (bicyclic) bond motifs is 1. The number of hydrogen-bond acceptors (Lipinski definition) is 6. The van der Waals surface area contributed by atoms with Gasteiger partial charge in [-0.15, -0.1) is 11.3 Å². The smallest absolute Gasteiger partial charge is 0.269 e. The molecule has 0 spiro atoms. The van der Waals surface area contributed by atoms with Gasteiger partial charge in [-0.05, 0) is 86.7 Å². The average molecular weight is 609 g/mol. The summed E-state index contributed by atoms with van der Waals surface area (Å²) in [6.45, 7) is 2.15. The van der Waals surface area contributed by atoms with E-state index in [1.165, 1.54) is 6.07 Å². The number of hydrogen-bond donors (Lipinski definition) is 2. The maximum Gasteiger partial charge on any atom is 0.269 e. The lowest BCUT2D eigenvalue weighted by Crippen LogP contribution is -2.44. The van der Waals surface area contributed by atoms with Crippen molar-refractivity contribution in [1.82, 2.24) is 20.5 Å². The van der Waals surface area contributed by atoms with Crippen LogP contribution in [-0.2, 0) is 6.54 Å². The minimum atomic E-state index is -0.384.